The third kappa shape index (κ3) is 2.29. The van der Waals surface area contributed by atoms with Crippen LogP contribution in [0.2, 0.25) is 0 Å². The molecule has 1 heterocycles. The molecule has 5 N–H and O–H groups in total. The van der Waals surface area contributed by atoms with Gasteiger partial charge in [-0.05, 0) is 44.0 Å². The van der Waals surface area contributed by atoms with Crippen LogP contribution in [0.3, 0.4) is 0 Å². The van der Waals surface area contributed by atoms with Crippen molar-refractivity contribution in [2.24, 2.45) is 5.73 Å². The van der Waals surface area contributed by atoms with Crippen LogP contribution in [0.4, 0.5) is 11.5 Å². The second-order valence-corrected chi connectivity index (χ2v) is 6.10. The molecule has 126 valence electrons. The predicted molar refractivity (Wildman–Crippen MR) is 98.3 cm³/mol. The second-order valence-electron chi connectivity index (χ2n) is 6.10. The van der Waals surface area contributed by atoms with E-state index in [9.17, 15) is 9.90 Å². The predicted octanol–water partition coefficient (Wildman–Crippen LogP) is 3.49. The number of carbonyl (C=O) groups excluding carboxylic acids is 1. The molecule has 0 aliphatic heterocycles. The number of phenolic OH excluding ortho intramolecular Hbond substituents is 1. The van der Waals surface area contributed by atoms with Gasteiger partial charge in [0, 0.05) is 16.5 Å². The van der Waals surface area contributed by atoms with Crippen LogP contribution in [0.1, 0.15) is 27.0 Å². The lowest BCUT2D eigenvalue weighted by Gasteiger charge is -2.16. The normalized spacial score (nSPS) is 10.8. The molecule has 3 aromatic rings. The van der Waals surface area contributed by atoms with Crippen molar-refractivity contribution < 1.29 is 9.90 Å². The van der Waals surface area contributed by atoms with Crippen LogP contribution < -0.4 is 11.5 Å². The number of hydrogen-bond acceptors (Lipinski definition) is 3. The lowest BCUT2D eigenvalue weighted by Crippen LogP contribution is -2.14. The van der Waals surface area contributed by atoms with Gasteiger partial charge in [-0.3, -0.25) is 9.36 Å². The number of anilines is 1. The Labute approximate surface area is 145 Å². The maximum Gasteiger partial charge on any atom is 0.253 e. The van der Waals surface area contributed by atoms with Crippen molar-refractivity contribution in [1.29, 1.82) is 0 Å². The molecule has 0 saturated carbocycles. The molecule has 0 aliphatic rings. The van der Waals surface area contributed by atoms with E-state index in [0.717, 1.165) is 11.1 Å². The summed E-state index contributed by atoms with van der Waals surface area (Å²) in [5.74, 6) is -0.313. The lowest BCUT2D eigenvalue weighted by molar-refractivity contribution is 0.100. The van der Waals surface area contributed by atoms with Gasteiger partial charge in [0.25, 0.3) is 5.91 Å². The minimum absolute atomic E-state index is 0.125. The van der Waals surface area contributed by atoms with Crippen molar-refractivity contribution in [3.63, 3.8) is 0 Å². The summed E-state index contributed by atoms with van der Waals surface area (Å²) in [6.45, 7) is 12.8. The number of aromatic nitrogens is 1. The Morgan fingerprint density at radius 2 is 1.88 bits per heavy atom. The summed E-state index contributed by atoms with van der Waals surface area (Å²) in [6, 6.07) is 6.84. The van der Waals surface area contributed by atoms with Crippen molar-refractivity contribution in [2.75, 3.05) is 5.73 Å². The summed E-state index contributed by atoms with van der Waals surface area (Å²) in [5, 5.41) is 10.7. The highest BCUT2D eigenvalue weighted by atomic mass is 16.3. The molecule has 0 fully saturated rings. The highest BCUT2D eigenvalue weighted by Gasteiger charge is 2.23. The number of aryl methyl sites for hydroxylation is 2. The molecule has 0 spiro atoms. The number of phenols is 1. The quantitative estimate of drug-likeness (QED) is 0.626. The lowest BCUT2D eigenvalue weighted by atomic mass is 10.1. The standard InChI is InChI=1S/C19H18N4O2/c1-9-5-6-15(24)11(3)17(9)23-14-8-13(22-4)10(2)7-12(14)16(18(23)20)19(21)25/h5-8,24H,20H2,1-3H3,(H2,21,25). The molecule has 6 heteroatoms. The monoisotopic (exact) mass is 334 g/mol. The minimum atomic E-state index is -0.633. The van der Waals surface area contributed by atoms with E-state index in [1.165, 1.54) is 0 Å². The summed E-state index contributed by atoms with van der Waals surface area (Å²) in [5.41, 5.74) is 16.1. The fourth-order valence-electron chi connectivity index (χ4n) is 3.24. The van der Waals surface area contributed by atoms with Gasteiger partial charge in [-0.1, -0.05) is 12.1 Å². The molecule has 1 amide bonds. The zero-order valence-electron chi connectivity index (χ0n) is 14.2. The van der Waals surface area contributed by atoms with Crippen LogP contribution in [0.25, 0.3) is 21.4 Å². The van der Waals surface area contributed by atoms with Crippen LogP contribution >= 0.6 is 0 Å². The number of fused-ring (bicyclic) bond motifs is 1. The van der Waals surface area contributed by atoms with Crippen molar-refractivity contribution >= 4 is 28.3 Å². The van der Waals surface area contributed by atoms with Crippen LogP contribution in [0.15, 0.2) is 24.3 Å². The number of rotatable bonds is 2. The summed E-state index contributed by atoms with van der Waals surface area (Å²) in [6.07, 6.45) is 0. The number of hydrogen-bond donors (Lipinski definition) is 3. The van der Waals surface area contributed by atoms with Gasteiger partial charge >= 0.3 is 0 Å². The van der Waals surface area contributed by atoms with E-state index < -0.39 is 5.91 Å². The van der Waals surface area contributed by atoms with Crippen LogP contribution in [0.5, 0.6) is 5.75 Å². The average molecular weight is 334 g/mol. The van der Waals surface area contributed by atoms with Gasteiger partial charge < -0.3 is 16.6 Å². The van der Waals surface area contributed by atoms with Crippen molar-refractivity contribution in [1.82, 2.24) is 4.57 Å². The minimum Gasteiger partial charge on any atom is -0.508 e. The summed E-state index contributed by atoms with van der Waals surface area (Å²) < 4.78 is 1.69. The number of benzene rings is 2. The first-order valence-corrected chi connectivity index (χ1v) is 7.69. The Morgan fingerprint density at radius 3 is 2.48 bits per heavy atom. The van der Waals surface area contributed by atoms with E-state index in [1.807, 2.05) is 6.92 Å². The summed E-state index contributed by atoms with van der Waals surface area (Å²) >= 11 is 0. The molecule has 6 nitrogen and oxygen atoms in total. The van der Waals surface area contributed by atoms with Crippen LogP contribution in [-0.4, -0.2) is 15.6 Å². The Balaban J connectivity index is 2.57. The van der Waals surface area contributed by atoms with Gasteiger partial charge in [0.1, 0.15) is 11.6 Å². The third-order valence-electron chi connectivity index (χ3n) is 4.52. The fourth-order valence-corrected chi connectivity index (χ4v) is 3.24. The molecule has 0 aliphatic carbocycles. The zero-order valence-corrected chi connectivity index (χ0v) is 14.2. The number of nitrogens with zero attached hydrogens (tertiary/aromatic N) is 2. The second kappa shape index (κ2) is 5.56. The molecule has 0 unspecified atom stereocenters. The molecule has 0 bridgehead atoms. The average Bonchev–Trinajstić information content (AvgIpc) is 2.82. The zero-order chi connectivity index (χ0) is 18.5. The first-order chi connectivity index (χ1) is 11.8. The molecule has 1 aromatic heterocycles. The van der Waals surface area contributed by atoms with E-state index in [0.29, 0.717) is 27.8 Å². The van der Waals surface area contributed by atoms with Gasteiger partial charge in [-0.2, -0.15) is 0 Å². The van der Waals surface area contributed by atoms with E-state index in [4.69, 9.17) is 18.0 Å². The Hall–Kier alpha value is -3.46. The SMILES string of the molecule is [C-]#[N+]c1cc2c(cc1C)c(C(N)=O)c(N)n2-c1c(C)ccc(O)c1C. The molecule has 0 atom stereocenters. The number of carbonyl (C=O) groups is 1. The molecule has 2 aromatic carbocycles. The Kier molecular flexibility index (Phi) is 3.65. The topological polar surface area (TPSA) is 98.6 Å². The van der Waals surface area contributed by atoms with Crippen molar-refractivity contribution in [3.8, 4) is 11.4 Å². The van der Waals surface area contributed by atoms with Crippen molar-refractivity contribution in [3.05, 3.63) is 57.9 Å². The highest BCUT2D eigenvalue weighted by Crippen LogP contribution is 2.38. The number of nitrogen functional groups attached to an aromatic ring is 1. The summed E-state index contributed by atoms with van der Waals surface area (Å²) in [4.78, 5) is 15.5. The first-order valence-electron chi connectivity index (χ1n) is 7.69. The summed E-state index contributed by atoms with van der Waals surface area (Å²) in [7, 11) is 0. The van der Waals surface area contributed by atoms with Gasteiger partial charge in [0.05, 0.1) is 17.8 Å². The van der Waals surface area contributed by atoms with Crippen LogP contribution in [-0.2, 0) is 0 Å². The molecule has 0 radical (unpaired) electrons. The van der Waals surface area contributed by atoms with E-state index in [1.54, 1.807) is 42.7 Å². The molecule has 0 saturated heterocycles. The third-order valence-corrected chi connectivity index (χ3v) is 4.52. The van der Waals surface area contributed by atoms with Crippen LogP contribution in [0, 0.1) is 27.3 Å². The van der Waals surface area contributed by atoms with Gasteiger partial charge in [-0.15, -0.1) is 0 Å². The fraction of sp³-hybridized carbons (Fsp3) is 0.158. The Bertz CT molecular complexity index is 1090. The number of nitrogens with two attached hydrogens (primary N) is 2. The smallest absolute Gasteiger partial charge is 0.253 e. The van der Waals surface area contributed by atoms with E-state index in [2.05, 4.69) is 4.85 Å². The number of amides is 1. The Morgan fingerprint density at radius 1 is 1.20 bits per heavy atom. The van der Waals surface area contributed by atoms with E-state index in [-0.39, 0.29) is 17.1 Å². The largest absolute Gasteiger partial charge is 0.508 e. The first kappa shape index (κ1) is 16.4. The van der Waals surface area contributed by atoms with Gasteiger partial charge in [-0.25, -0.2) is 4.85 Å². The van der Waals surface area contributed by atoms with E-state index >= 15 is 0 Å². The molecular weight excluding hydrogens is 316 g/mol. The highest BCUT2D eigenvalue weighted by molar-refractivity contribution is 6.12. The van der Waals surface area contributed by atoms with Gasteiger partial charge in [0.2, 0.25) is 0 Å². The maximum absolute atomic E-state index is 12.0. The number of aromatic hydroxyl groups is 1. The molecular formula is C19H18N4O2. The molecule has 3 rings (SSSR count). The molecule has 25 heavy (non-hydrogen) atoms. The maximum atomic E-state index is 12.0. The number of primary amides is 1. The van der Waals surface area contributed by atoms with Crippen molar-refractivity contribution in [2.45, 2.75) is 20.8 Å². The van der Waals surface area contributed by atoms with Gasteiger partial charge in [0.15, 0.2) is 5.69 Å².